The van der Waals surface area contributed by atoms with Crippen molar-refractivity contribution in [3.63, 3.8) is 0 Å². The molecule has 6 heteroatoms. The molecule has 0 aliphatic heterocycles. The number of carbonyl (C=O) groups excluding carboxylic acids is 1. The molecular weight excluding hydrogens is 320 g/mol. The molecule has 0 fully saturated rings. The van der Waals surface area contributed by atoms with Crippen molar-refractivity contribution in [1.29, 1.82) is 0 Å². The predicted molar refractivity (Wildman–Crippen MR) is 82.6 cm³/mol. The van der Waals surface area contributed by atoms with Gasteiger partial charge >= 0.3 is 0 Å². The lowest BCUT2D eigenvalue weighted by Gasteiger charge is -2.08. The number of imidazole rings is 1. The third-order valence-electron chi connectivity index (χ3n) is 2.94. The summed E-state index contributed by atoms with van der Waals surface area (Å²) in [6.45, 7) is 0. The van der Waals surface area contributed by atoms with Crippen LogP contribution in [0.15, 0.2) is 47.2 Å². The van der Waals surface area contributed by atoms with Crippen LogP contribution in [0.25, 0.3) is 11.0 Å². The van der Waals surface area contributed by atoms with Crippen LogP contribution in [-0.2, 0) is 0 Å². The number of anilines is 2. The molecule has 0 bridgehead atoms. The van der Waals surface area contributed by atoms with Gasteiger partial charge in [-0.2, -0.15) is 0 Å². The Kier molecular flexibility index (Phi) is 3.15. The number of hydrogen-bond acceptors (Lipinski definition) is 3. The number of H-pyrrole nitrogens is 1. The van der Waals surface area contributed by atoms with E-state index in [4.69, 9.17) is 5.73 Å². The molecule has 0 radical (unpaired) electrons. The zero-order chi connectivity index (χ0) is 14.1. The van der Waals surface area contributed by atoms with Crippen LogP contribution in [0.5, 0.6) is 0 Å². The smallest absolute Gasteiger partial charge is 0.257 e. The highest BCUT2D eigenvalue weighted by atomic mass is 79.9. The summed E-state index contributed by atoms with van der Waals surface area (Å²) in [7, 11) is 0. The molecule has 1 heterocycles. The first-order chi connectivity index (χ1) is 9.63. The molecule has 0 saturated heterocycles. The van der Waals surface area contributed by atoms with E-state index < -0.39 is 0 Å². The summed E-state index contributed by atoms with van der Waals surface area (Å²) in [6.07, 6.45) is 1.61. The van der Waals surface area contributed by atoms with Crippen LogP contribution in [0, 0.1) is 0 Å². The lowest BCUT2D eigenvalue weighted by Crippen LogP contribution is -2.14. The molecule has 1 aromatic heterocycles. The molecule has 3 rings (SSSR count). The van der Waals surface area contributed by atoms with Gasteiger partial charge in [0, 0.05) is 15.8 Å². The van der Waals surface area contributed by atoms with Gasteiger partial charge in [-0.15, -0.1) is 0 Å². The average Bonchev–Trinajstić information content (AvgIpc) is 2.89. The first-order valence-corrected chi connectivity index (χ1v) is 6.72. The quantitative estimate of drug-likeness (QED) is 0.631. The van der Waals surface area contributed by atoms with Crippen LogP contribution < -0.4 is 11.1 Å². The van der Waals surface area contributed by atoms with E-state index in [1.54, 1.807) is 30.6 Å². The summed E-state index contributed by atoms with van der Waals surface area (Å²) in [5.74, 6) is -0.248. The van der Waals surface area contributed by atoms with Crippen molar-refractivity contribution in [3.05, 3.63) is 52.8 Å². The molecule has 2 aromatic carbocycles. The molecule has 3 aromatic rings. The zero-order valence-corrected chi connectivity index (χ0v) is 11.9. The minimum atomic E-state index is -0.248. The molecule has 4 N–H and O–H groups in total. The molecule has 0 aliphatic carbocycles. The van der Waals surface area contributed by atoms with Crippen molar-refractivity contribution in [1.82, 2.24) is 9.97 Å². The first-order valence-electron chi connectivity index (χ1n) is 5.93. The molecule has 0 aliphatic rings. The Labute approximate surface area is 123 Å². The fourth-order valence-electron chi connectivity index (χ4n) is 1.94. The number of aromatic nitrogens is 2. The summed E-state index contributed by atoms with van der Waals surface area (Å²) in [5.41, 5.74) is 9.10. The van der Waals surface area contributed by atoms with Crippen molar-refractivity contribution < 1.29 is 4.79 Å². The van der Waals surface area contributed by atoms with Crippen molar-refractivity contribution in [2.45, 2.75) is 0 Å². The standard InChI is InChI=1S/C14H11BrN4O/c15-8-1-3-11(16)10(5-8)14(20)19-9-2-4-12-13(6-9)18-7-17-12/h1-7H,16H2,(H,17,18)(H,19,20). The second kappa shape index (κ2) is 4.97. The molecular formula is C14H11BrN4O. The number of nitrogens with zero attached hydrogens (tertiary/aromatic N) is 1. The minimum Gasteiger partial charge on any atom is -0.398 e. The van der Waals surface area contributed by atoms with E-state index in [0.717, 1.165) is 15.5 Å². The van der Waals surface area contributed by atoms with Gasteiger partial charge in [0.15, 0.2) is 0 Å². The Morgan fingerprint density at radius 3 is 2.95 bits per heavy atom. The molecule has 0 spiro atoms. The lowest BCUT2D eigenvalue weighted by molar-refractivity contribution is 0.102. The fraction of sp³-hybridized carbons (Fsp3) is 0. The number of aromatic amines is 1. The second-order valence-electron chi connectivity index (χ2n) is 4.32. The lowest BCUT2D eigenvalue weighted by atomic mass is 10.1. The monoisotopic (exact) mass is 330 g/mol. The highest BCUT2D eigenvalue weighted by Crippen LogP contribution is 2.21. The highest BCUT2D eigenvalue weighted by Gasteiger charge is 2.11. The molecule has 0 unspecified atom stereocenters. The highest BCUT2D eigenvalue weighted by molar-refractivity contribution is 9.10. The number of amides is 1. The number of halogens is 1. The molecule has 0 saturated carbocycles. The van der Waals surface area contributed by atoms with Crippen LogP contribution in [0.4, 0.5) is 11.4 Å². The maximum atomic E-state index is 12.2. The summed E-state index contributed by atoms with van der Waals surface area (Å²) in [5, 5.41) is 2.82. The fourth-order valence-corrected chi connectivity index (χ4v) is 2.30. The summed E-state index contributed by atoms with van der Waals surface area (Å²) in [4.78, 5) is 19.4. The van der Waals surface area contributed by atoms with Gasteiger partial charge in [-0.1, -0.05) is 15.9 Å². The zero-order valence-electron chi connectivity index (χ0n) is 10.4. The van der Waals surface area contributed by atoms with Crippen LogP contribution in [0.3, 0.4) is 0 Å². The largest absolute Gasteiger partial charge is 0.398 e. The van der Waals surface area contributed by atoms with Crippen LogP contribution in [0.2, 0.25) is 0 Å². The van der Waals surface area contributed by atoms with E-state index in [9.17, 15) is 4.79 Å². The molecule has 1 amide bonds. The Hall–Kier alpha value is -2.34. The maximum absolute atomic E-state index is 12.2. The number of rotatable bonds is 2. The second-order valence-corrected chi connectivity index (χ2v) is 5.24. The van der Waals surface area contributed by atoms with Gasteiger partial charge in [0.1, 0.15) is 0 Å². The molecule has 0 atom stereocenters. The van der Waals surface area contributed by atoms with E-state index in [0.29, 0.717) is 16.9 Å². The summed E-state index contributed by atoms with van der Waals surface area (Å²) >= 11 is 3.33. The van der Waals surface area contributed by atoms with Gasteiger partial charge in [0.25, 0.3) is 5.91 Å². The van der Waals surface area contributed by atoms with Crippen LogP contribution in [-0.4, -0.2) is 15.9 Å². The van der Waals surface area contributed by atoms with Gasteiger partial charge in [-0.25, -0.2) is 4.98 Å². The van der Waals surface area contributed by atoms with Crippen molar-refractivity contribution in [2.24, 2.45) is 0 Å². The number of nitrogens with two attached hydrogens (primary N) is 1. The Bertz CT molecular complexity index is 797. The van der Waals surface area contributed by atoms with Gasteiger partial charge in [-0.05, 0) is 36.4 Å². The summed E-state index contributed by atoms with van der Waals surface area (Å²) < 4.78 is 0.806. The van der Waals surface area contributed by atoms with Crippen LogP contribution in [0.1, 0.15) is 10.4 Å². The van der Waals surface area contributed by atoms with Gasteiger partial charge < -0.3 is 16.0 Å². The first kappa shape index (κ1) is 12.7. The SMILES string of the molecule is Nc1ccc(Br)cc1C(=O)Nc1ccc2nc[nH]c2c1. The number of nitrogens with one attached hydrogen (secondary N) is 2. The van der Waals surface area contributed by atoms with E-state index >= 15 is 0 Å². The number of benzene rings is 2. The van der Waals surface area contributed by atoms with E-state index in [1.165, 1.54) is 0 Å². The van der Waals surface area contributed by atoms with Gasteiger partial charge in [0.2, 0.25) is 0 Å². The minimum absolute atomic E-state index is 0.248. The van der Waals surface area contributed by atoms with Gasteiger partial charge in [-0.3, -0.25) is 4.79 Å². The van der Waals surface area contributed by atoms with E-state index in [2.05, 4.69) is 31.2 Å². The predicted octanol–water partition coefficient (Wildman–Crippen LogP) is 3.16. The van der Waals surface area contributed by atoms with E-state index in [1.807, 2.05) is 12.1 Å². The number of hydrogen-bond donors (Lipinski definition) is 3. The Balaban J connectivity index is 1.89. The van der Waals surface area contributed by atoms with Crippen molar-refractivity contribution in [2.75, 3.05) is 11.1 Å². The number of carbonyl (C=O) groups is 1. The normalized spacial score (nSPS) is 10.7. The number of nitrogen functional groups attached to an aromatic ring is 1. The van der Waals surface area contributed by atoms with Crippen molar-refractivity contribution >= 4 is 44.2 Å². The van der Waals surface area contributed by atoms with E-state index in [-0.39, 0.29) is 5.91 Å². The topological polar surface area (TPSA) is 83.8 Å². The number of fused-ring (bicyclic) bond motifs is 1. The third kappa shape index (κ3) is 2.37. The van der Waals surface area contributed by atoms with Crippen molar-refractivity contribution in [3.8, 4) is 0 Å². The third-order valence-corrected chi connectivity index (χ3v) is 3.43. The molecule has 5 nitrogen and oxygen atoms in total. The Morgan fingerprint density at radius 1 is 1.25 bits per heavy atom. The Morgan fingerprint density at radius 2 is 2.10 bits per heavy atom. The summed E-state index contributed by atoms with van der Waals surface area (Å²) in [6, 6.07) is 10.6. The maximum Gasteiger partial charge on any atom is 0.257 e. The average molecular weight is 331 g/mol. The van der Waals surface area contributed by atoms with Gasteiger partial charge in [0.05, 0.1) is 22.9 Å². The molecule has 20 heavy (non-hydrogen) atoms. The van der Waals surface area contributed by atoms with Crippen LogP contribution >= 0.6 is 15.9 Å². The molecule has 100 valence electrons.